The molecule has 1 heterocycles. The number of rotatable bonds is 11. The maximum atomic E-state index is 14.6. The Bertz CT molecular complexity index is 1680. The first-order chi connectivity index (χ1) is 22.2. The monoisotopic (exact) mass is 640 g/mol. The van der Waals surface area contributed by atoms with Crippen LogP contribution >= 0.6 is 11.6 Å². The van der Waals surface area contributed by atoms with Gasteiger partial charge >= 0.3 is 0 Å². The molecular weight excluding hydrogens is 600 g/mol. The van der Waals surface area contributed by atoms with Crippen molar-refractivity contribution in [3.05, 3.63) is 119 Å². The number of aliphatic hydroxyl groups excluding tert-OH is 1. The zero-order chi connectivity index (χ0) is 32.8. The summed E-state index contributed by atoms with van der Waals surface area (Å²) in [4.78, 5) is 44.8. The summed E-state index contributed by atoms with van der Waals surface area (Å²) in [5.41, 5.74) is 8.28. The number of carbonyl (C=O) groups excluding carboxylic acids is 3. The fourth-order valence-corrected chi connectivity index (χ4v) is 6.61. The summed E-state index contributed by atoms with van der Waals surface area (Å²) in [6.07, 6.45) is 0.0777. The third-order valence-corrected chi connectivity index (χ3v) is 9.16. The van der Waals surface area contributed by atoms with Crippen molar-refractivity contribution in [3.63, 3.8) is 0 Å². The van der Waals surface area contributed by atoms with Gasteiger partial charge in [0.25, 0.3) is 5.91 Å². The van der Waals surface area contributed by atoms with Gasteiger partial charge in [-0.05, 0) is 59.9 Å². The highest BCUT2D eigenvalue weighted by Crippen LogP contribution is 2.33. The van der Waals surface area contributed by atoms with Gasteiger partial charge in [0.1, 0.15) is 12.1 Å². The standard InChI is InChI=1S/C37H41ClN4O4/c1-24-19-21-41(32(36(39)45)23-28-14-8-13-26-10-6-7-17-31(26)28)37(46)34(29-15-9-16-30(38)22-29)42(24)33(43)18-20-40-25(2)35(44)27-11-4-3-5-12-27/h3-17,22,24-25,32,34-35,40,44H,18-21,23H2,1-2H3,(H2,39,45)/t24?,25-,32?,34-,35-/m1/s1. The van der Waals surface area contributed by atoms with E-state index in [9.17, 15) is 19.5 Å². The minimum atomic E-state index is -0.995. The van der Waals surface area contributed by atoms with E-state index >= 15 is 0 Å². The van der Waals surface area contributed by atoms with Crippen LogP contribution in [0.3, 0.4) is 0 Å². The number of fused-ring (bicyclic) bond motifs is 1. The molecule has 0 spiro atoms. The van der Waals surface area contributed by atoms with Crippen LogP contribution in [0.15, 0.2) is 97.1 Å². The minimum absolute atomic E-state index is 0.107. The van der Waals surface area contributed by atoms with Gasteiger partial charge < -0.3 is 26.0 Å². The molecule has 2 unspecified atom stereocenters. The molecule has 9 heteroatoms. The Hall–Kier alpha value is -4.24. The normalized spacial score (nSPS) is 19.0. The highest BCUT2D eigenvalue weighted by molar-refractivity contribution is 6.30. The largest absolute Gasteiger partial charge is 0.387 e. The first-order valence-electron chi connectivity index (χ1n) is 15.7. The Kier molecular flexibility index (Phi) is 10.7. The Balaban J connectivity index is 1.40. The van der Waals surface area contributed by atoms with Crippen LogP contribution in [0.2, 0.25) is 5.02 Å². The number of nitrogens with zero attached hydrogens (tertiary/aromatic N) is 2. The molecule has 8 nitrogen and oxygen atoms in total. The van der Waals surface area contributed by atoms with E-state index < -0.39 is 24.1 Å². The molecule has 1 saturated heterocycles. The summed E-state index contributed by atoms with van der Waals surface area (Å²) in [7, 11) is 0. The van der Waals surface area contributed by atoms with Crippen molar-refractivity contribution in [1.82, 2.24) is 15.1 Å². The summed E-state index contributed by atoms with van der Waals surface area (Å²) >= 11 is 6.39. The van der Waals surface area contributed by atoms with E-state index in [0.29, 0.717) is 23.6 Å². The SMILES string of the molecule is CC1CCN(C(Cc2cccc3ccccc23)C(N)=O)C(=O)[C@@H](c2cccc(Cl)c2)N1C(=O)CCN[C@H](C)[C@@H](O)c1ccccc1. The number of hydrogen-bond donors (Lipinski definition) is 3. The van der Waals surface area contributed by atoms with Gasteiger partial charge in [0.05, 0.1) is 6.10 Å². The molecule has 4 aromatic carbocycles. The molecule has 240 valence electrons. The molecule has 0 aromatic heterocycles. The van der Waals surface area contributed by atoms with E-state index in [2.05, 4.69) is 5.32 Å². The number of amides is 3. The van der Waals surface area contributed by atoms with Gasteiger partial charge in [0.15, 0.2) is 0 Å². The fraction of sp³-hybridized carbons (Fsp3) is 0.324. The van der Waals surface area contributed by atoms with E-state index in [0.717, 1.165) is 21.9 Å². The van der Waals surface area contributed by atoms with Crippen molar-refractivity contribution in [2.45, 2.75) is 63.4 Å². The molecule has 0 saturated carbocycles. The average molecular weight is 641 g/mol. The lowest BCUT2D eigenvalue weighted by Crippen LogP contribution is -2.52. The molecule has 4 N–H and O–H groups in total. The molecule has 4 aromatic rings. The molecule has 5 rings (SSSR count). The maximum absolute atomic E-state index is 14.6. The van der Waals surface area contributed by atoms with Crippen LogP contribution in [0.5, 0.6) is 0 Å². The molecule has 0 radical (unpaired) electrons. The van der Waals surface area contributed by atoms with E-state index in [4.69, 9.17) is 17.3 Å². The second kappa shape index (κ2) is 14.9. The lowest BCUT2D eigenvalue weighted by atomic mass is 9.96. The van der Waals surface area contributed by atoms with Gasteiger partial charge in [-0.1, -0.05) is 96.5 Å². The molecule has 1 fully saturated rings. The predicted octanol–water partition coefficient (Wildman–Crippen LogP) is 5.18. The van der Waals surface area contributed by atoms with Gasteiger partial charge in [0.2, 0.25) is 11.8 Å². The van der Waals surface area contributed by atoms with Gasteiger partial charge in [0, 0.05) is 43.0 Å². The van der Waals surface area contributed by atoms with Crippen LogP contribution < -0.4 is 11.1 Å². The summed E-state index contributed by atoms with van der Waals surface area (Å²) in [6.45, 7) is 4.36. The van der Waals surface area contributed by atoms with Crippen molar-refractivity contribution >= 4 is 40.1 Å². The van der Waals surface area contributed by atoms with Crippen molar-refractivity contribution in [2.75, 3.05) is 13.1 Å². The van der Waals surface area contributed by atoms with Crippen LogP contribution in [-0.4, -0.2) is 63.8 Å². The highest BCUT2D eigenvalue weighted by atomic mass is 35.5. The summed E-state index contributed by atoms with van der Waals surface area (Å²) < 4.78 is 0. The van der Waals surface area contributed by atoms with Gasteiger partial charge in [-0.25, -0.2) is 0 Å². The Morgan fingerprint density at radius 3 is 2.43 bits per heavy atom. The summed E-state index contributed by atoms with van der Waals surface area (Å²) in [5, 5.41) is 16.5. The minimum Gasteiger partial charge on any atom is -0.387 e. The molecule has 1 aliphatic rings. The van der Waals surface area contributed by atoms with Crippen LogP contribution in [0, 0.1) is 0 Å². The van der Waals surface area contributed by atoms with Crippen LogP contribution in [-0.2, 0) is 20.8 Å². The molecule has 1 aliphatic heterocycles. The van der Waals surface area contributed by atoms with E-state index in [-0.39, 0.29) is 43.3 Å². The van der Waals surface area contributed by atoms with E-state index in [1.807, 2.05) is 86.6 Å². The van der Waals surface area contributed by atoms with Crippen molar-refractivity contribution in [1.29, 1.82) is 0 Å². The average Bonchev–Trinajstić information content (AvgIpc) is 3.18. The molecule has 3 amide bonds. The zero-order valence-corrected chi connectivity index (χ0v) is 26.9. The first-order valence-corrected chi connectivity index (χ1v) is 16.1. The molecule has 46 heavy (non-hydrogen) atoms. The quantitative estimate of drug-likeness (QED) is 0.209. The van der Waals surface area contributed by atoms with Crippen LogP contribution in [0.4, 0.5) is 0 Å². The smallest absolute Gasteiger partial charge is 0.250 e. The van der Waals surface area contributed by atoms with Gasteiger partial charge in [-0.15, -0.1) is 0 Å². The fourth-order valence-electron chi connectivity index (χ4n) is 6.41. The number of benzene rings is 4. The molecule has 5 atom stereocenters. The predicted molar refractivity (Wildman–Crippen MR) is 181 cm³/mol. The van der Waals surface area contributed by atoms with Crippen LogP contribution in [0.1, 0.15) is 55.5 Å². The molecular formula is C37H41ClN4O4. The van der Waals surface area contributed by atoms with Crippen molar-refractivity contribution in [2.24, 2.45) is 5.73 Å². The maximum Gasteiger partial charge on any atom is 0.250 e. The van der Waals surface area contributed by atoms with E-state index in [1.165, 1.54) is 0 Å². The second-order valence-corrected chi connectivity index (χ2v) is 12.5. The number of nitrogens with two attached hydrogens (primary N) is 1. The number of hydrogen-bond acceptors (Lipinski definition) is 5. The molecule has 0 bridgehead atoms. The third-order valence-electron chi connectivity index (χ3n) is 8.93. The lowest BCUT2D eigenvalue weighted by Gasteiger charge is -2.36. The Morgan fingerprint density at radius 2 is 1.70 bits per heavy atom. The summed E-state index contributed by atoms with van der Waals surface area (Å²) in [5.74, 6) is -1.19. The number of aliphatic hydroxyl groups is 1. The number of primary amides is 1. The first kappa shape index (κ1) is 33.1. The van der Waals surface area contributed by atoms with Crippen molar-refractivity contribution < 1.29 is 19.5 Å². The van der Waals surface area contributed by atoms with Crippen molar-refractivity contribution in [3.8, 4) is 0 Å². The number of halogens is 1. The summed E-state index contributed by atoms with van der Waals surface area (Å²) in [6, 6.07) is 27.6. The topological polar surface area (TPSA) is 116 Å². The second-order valence-electron chi connectivity index (χ2n) is 12.0. The highest BCUT2D eigenvalue weighted by Gasteiger charge is 2.43. The number of carbonyl (C=O) groups is 3. The number of nitrogens with one attached hydrogen (secondary N) is 1. The van der Waals surface area contributed by atoms with E-state index in [1.54, 1.807) is 34.1 Å². The van der Waals surface area contributed by atoms with Gasteiger partial charge in [-0.3, -0.25) is 14.4 Å². The Labute approximate surface area is 275 Å². The third kappa shape index (κ3) is 7.41. The Morgan fingerprint density at radius 1 is 1.00 bits per heavy atom. The van der Waals surface area contributed by atoms with Gasteiger partial charge in [-0.2, -0.15) is 0 Å². The van der Waals surface area contributed by atoms with Crippen LogP contribution in [0.25, 0.3) is 10.8 Å². The zero-order valence-electron chi connectivity index (χ0n) is 26.2. The molecule has 0 aliphatic carbocycles. The lowest BCUT2D eigenvalue weighted by molar-refractivity contribution is -0.148.